The molecule has 0 bridgehead atoms. The van der Waals surface area contributed by atoms with E-state index in [1.165, 1.54) is 0 Å². The van der Waals surface area contributed by atoms with Gasteiger partial charge in [0.1, 0.15) is 0 Å². The fourth-order valence-corrected chi connectivity index (χ4v) is 0.893. The number of aliphatic hydroxyl groups is 1. The second-order valence-corrected chi connectivity index (χ2v) is 3.08. The number of carbonyl (C=O) groups is 4. The third-order valence-electron chi connectivity index (χ3n) is 1.66. The normalized spacial score (nSPS) is 13.2. The van der Waals surface area contributed by atoms with E-state index in [2.05, 4.69) is 11.3 Å². The van der Waals surface area contributed by atoms with Crippen LogP contribution in [0.3, 0.4) is 0 Å². The van der Waals surface area contributed by atoms with Crippen molar-refractivity contribution in [3.63, 3.8) is 0 Å². The Morgan fingerprint density at radius 1 is 1.18 bits per heavy atom. The molecule has 3 N–H and O–H groups in total. The molecule has 8 heteroatoms. The molecule has 0 aliphatic rings. The lowest BCUT2D eigenvalue weighted by Crippen LogP contribution is -2.43. The number of rotatable bonds is 6. The number of carboxylic acid groups (broad SMARTS) is 2. The fourth-order valence-electron chi connectivity index (χ4n) is 0.893. The van der Waals surface area contributed by atoms with Crippen molar-refractivity contribution in [1.29, 1.82) is 0 Å². The number of hydrogen-bond donors (Lipinski definition) is 3. The Labute approximate surface area is 95.1 Å². The Hall–Kier alpha value is -2.22. The van der Waals surface area contributed by atoms with E-state index in [0.29, 0.717) is 6.08 Å². The van der Waals surface area contributed by atoms with Gasteiger partial charge in [-0.25, -0.2) is 9.59 Å². The summed E-state index contributed by atoms with van der Waals surface area (Å²) in [7, 11) is 0. The molecule has 0 aromatic heterocycles. The highest BCUT2D eigenvalue weighted by atomic mass is 16.6. The highest BCUT2D eigenvalue weighted by Gasteiger charge is 2.41. The second kappa shape index (κ2) is 5.75. The first-order valence-electron chi connectivity index (χ1n) is 4.26. The van der Waals surface area contributed by atoms with Crippen LogP contribution in [0.1, 0.15) is 12.8 Å². The van der Waals surface area contributed by atoms with Crippen LogP contribution in [0.4, 0.5) is 0 Å². The van der Waals surface area contributed by atoms with E-state index >= 15 is 0 Å². The number of carbonyl (C=O) groups excluding carboxylic acids is 2. The minimum absolute atomic E-state index is 0.662. The maximum atomic E-state index is 11.0. The molecule has 0 aromatic rings. The Morgan fingerprint density at radius 3 is 2.06 bits per heavy atom. The summed E-state index contributed by atoms with van der Waals surface area (Å²) < 4.78 is 4.01. The SMILES string of the molecule is C=CC(=O)OC(=O)CC(O)(CC(=O)O)C(=O)O. The summed E-state index contributed by atoms with van der Waals surface area (Å²) >= 11 is 0. The molecule has 0 aliphatic heterocycles. The van der Waals surface area contributed by atoms with E-state index < -0.39 is 42.3 Å². The molecule has 0 radical (unpaired) electrons. The van der Waals surface area contributed by atoms with E-state index in [1.54, 1.807) is 0 Å². The summed E-state index contributed by atoms with van der Waals surface area (Å²) in [6.45, 7) is 2.99. The van der Waals surface area contributed by atoms with Crippen molar-refractivity contribution in [1.82, 2.24) is 0 Å². The minimum atomic E-state index is -2.82. The number of carboxylic acids is 2. The highest BCUT2D eigenvalue weighted by Crippen LogP contribution is 2.17. The van der Waals surface area contributed by atoms with E-state index in [-0.39, 0.29) is 0 Å². The Kier molecular flexibility index (Phi) is 5.00. The van der Waals surface area contributed by atoms with Crippen molar-refractivity contribution in [3.8, 4) is 0 Å². The molecule has 0 amide bonds. The molecule has 0 aromatic carbocycles. The fraction of sp³-hybridized carbons (Fsp3) is 0.333. The number of ether oxygens (including phenoxy) is 1. The van der Waals surface area contributed by atoms with Gasteiger partial charge >= 0.3 is 23.9 Å². The van der Waals surface area contributed by atoms with Crippen molar-refractivity contribution in [3.05, 3.63) is 12.7 Å². The second-order valence-electron chi connectivity index (χ2n) is 3.08. The van der Waals surface area contributed by atoms with Gasteiger partial charge in [0.25, 0.3) is 0 Å². The number of aliphatic carboxylic acids is 2. The minimum Gasteiger partial charge on any atom is -0.481 e. The Balaban J connectivity index is 4.71. The maximum absolute atomic E-state index is 11.0. The molecule has 1 unspecified atom stereocenters. The van der Waals surface area contributed by atoms with Crippen LogP contribution in [-0.2, 0) is 23.9 Å². The molecule has 1 atom stereocenters. The number of esters is 2. The standard InChI is InChI=1S/C9H10O8/c1-2-6(12)17-7(13)4-9(16,8(14)15)3-5(10)11/h2,16H,1,3-4H2,(H,10,11)(H,14,15). The van der Waals surface area contributed by atoms with Gasteiger partial charge in [-0.05, 0) is 0 Å². The van der Waals surface area contributed by atoms with E-state index in [1.807, 2.05) is 0 Å². The molecule has 8 nitrogen and oxygen atoms in total. The number of hydrogen-bond acceptors (Lipinski definition) is 6. The topological polar surface area (TPSA) is 138 Å². The van der Waals surface area contributed by atoms with Gasteiger partial charge in [-0.2, -0.15) is 0 Å². The molecular weight excluding hydrogens is 236 g/mol. The van der Waals surface area contributed by atoms with Gasteiger partial charge in [-0.3, -0.25) is 9.59 Å². The van der Waals surface area contributed by atoms with Gasteiger partial charge in [0.15, 0.2) is 5.60 Å². The highest BCUT2D eigenvalue weighted by molar-refractivity contribution is 5.95. The molecule has 17 heavy (non-hydrogen) atoms. The van der Waals surface area contributed by atoms with Crippen LogP contribution in [0.5, 0.6) is 0 Å². The van der Waals surface area contributed by atoms with Crippen LogP contribution in [0, 0.1) is 0 Å². The van der Waals surface area contributed by atoms with Crippen LogP contribution in [0.2, 0.25) is 0 Å². The zero-order valence-corrected chi connectivity index (χ0v) is 8.58. The molecule has 0 saturated carbocycles. The lowest BCUT2D eigenvalue weighted by molar-refractivity contribution is -0.173. The lowest BCUT2D eigenvalue weighted by Gasteiger charge is -2.19. The zero-order valence-electron chi connectivity index (χ0n) is 8.58. The van der Waals surface area contributed by atoms with E-state index in [0.717, 1.165) is 0 Å². The van der Waals surface area contributed by atoms with Gasteiger partial charge in [0.2, 0.25) is 0 Å². The van der Waals surface area contributed by atoms with Gasteiger partial charge in [-0.15, -0.1) is 0 Å². The van der Waals surface area contributed by atoms with Gasteiger partial charge in [0.05, 0.1) is 12.8 Å². The van der Waals surface area contributed by atoms with Crippen LogP contribution < -0.4 is 0 Å². The van der Waals surface area contributed by atoms with Gasteiger partial charge < -0.3 is 20.1 Å². The Bertz CT molecular complexity index is 371. The third-order valence-corrected chi connectivity index (χ3v) is 1.66. The molecule has 0 spiro atoms. The molecule has 0 fully saturated rings. The van der Waals surface area contributed by atoms with E-state index in [4.69, 9.17) is 10.2 Å². The van der Waals surface area contributed by atoms with Crippen molar-refractivity contribution >= 4 is 23.9 Å². The van der Waals surface area contributed by atoms with Crippen molar-refractivity contribution in [2.24, 2.45) is 0 Å². The van der Waals surface area contributed by atoms with Crippen molar-refractivity contribution in [2.45, 2.75) is 18.4 Å². The first-order chi connectivity index (χ1) is 7.71. The lowest BCUT2D eigenvalue weighted by atomic mass is 9.96. The quantitative estimate of drug-likeness (QED) is 0.305. The molecule has 0 aliphatic carbocycles. The summed E-state index contributed by atoms with van der Waals surface area (Å²) in [6, 6.07) is 0. The van der Waals surface area contributed by atoms with Crippen molar-refractivity contribution in [2.75, 3.05) is 0 Å². The molecule has 0 heterocycles. The average Bonchev–Trinajstić information content (AvgIpc) is 2.15. The smallest absolute Gasteiger partial charge is 0.337 e. The van der Waals surface area contributed by atoms with Gasteiger partial charge in [-0.1, -0.05) is 6.58 Å². The first-order valence-corrected chi connectivity index (χ1v) is 4.26. The van der Waals surface area contributed by atoms with Crippen LogP contribution >= 0.6 is 0 Å². The van der Waals surface area contributed by atoms with E-state index in [9.17, 15) is 24.3 Å². The predicted octanol–water partition coefficient (Wildman–Crippen LogP) is -1.08. The van der Waals surface area contributed by atoms with Gasteiger partial charge in [0, 0.05) is 6.08 Å². The first kappa shape index (κ1) is 14.8. The van der Waals surface area contributed by atoms with Crippen LogP contribution in [0.25, 0.3) is 0 Å². The summed E-state index contributed by atoms with van der Waals surface area (Å²) in [4.78, 5) is 42.5. The molecule has 0 rings (SSSR count). The summed E-state index contributed by atoms with van der Waals surface area (Å²) in [5.41, 5.74) is -2.82. The summed E-state index contributed by atoms with van der Waals surface area (Å²) in [5.74, 6) is -6.00. The predicted molar refractivity (Wildman–Crippen MR) is 50.8 cm³/mol. The zero-order chi connectivity index (χ0) is 13.6. The largest absolute Gasteiger partial charge is 0.481 e. The molecule has 94 valence electrons. The van der Waals surface area contributed by atoms with Crippen molar-refractivity contribution < 1.29 is 39.2 Å². The van der Waals surface area contributed by atoms with Crippen LogP contribution in [-0.4, -0.2) is 44.8 Å². The molecular formula is C9H10O8. The Morgan fingerprint density at radius 2 is 1.71 bits per heavy atom. The average molecular weight is 246 g/mol. The monoisotopic (exact) mass is 246 g/mol. The maximum Gasteiger partial charge on any atom is 0.337 e. The molecule has 0 saturated heterocycles. The summed E-state index contributed by atoms with van der Waals surface area (Å²) in [6.07, 6.45) is -1.69. The third kappa shape index (κ3) is 4.89. The summed E-state index contributed by atoms with van der Waals surface area (Å²) in [5, 5.41) is 26.4. The van der Waals surface area contributed by atoms with Crippen LogP contribution in [0.15, 0.2) is 12.7 Å².